The third kappa shape index (κ3) is 3.39. The van der Waals surface area contributed by atoms with E-state index < -0.39 is 5.97 Å². The van der Waals surface area contributed by atoms with Crippen molar-refractivity contribution in [3.05, 3.63) is 0 Å². The summed E-state index contributed by atoms with van der Waals surface area (Å²) in [6.07, 6.45) is 5.28. The molecule has 2 heterocycles. The van der Waals surface area contributed by atoms with Gasteiger partial charge in [-0.25, -0.2) is 0 Å². The second-order valence-electron chi connectivity index (χ2n) is 4.97. The summed E-state index contributed by atoms with van der Waals surface area (Å²) < 4.78 is 0. The van der Waals surface area contributed by atoms with Gasteiger partial charge in [-0.1, -0.05) is 0 Å². The number of hydrogen-bond acceptors (Lipinski definition) is 3. The predicted octanol–water partition coefficient (Wildman–Crippen LogP) is 2.07. The number of hydrogen-bond donors (Lipinski definition) is 1. The zero-order chi connectivity index (χ0) is 11.4. The van der Waals surface area contributed by atoms with Crippen LogP contribution in [0.1, 0.15) is 32.1 Å². The quantitative estimate of drug-likeness (QED) is 0.824. The monoisotopic (exact) mass is 243 g/mol. The van der Waals surface area contributed by atoms with Gasteiger partial charge in [0.15, 0.2) is 0 Å². The highest BCUT2D eigenvalue weighted by Gasteiger charge is 2.27. The van der Waals surface area contributed by atoms with Crippen LogP contribution in [-0.4, -0.2) is 46.6 Å². The van der Waals surface area contributed by atoms with Gasteiger partial charge < -0.3 is 5.11 Å². The summed E-state index contributed by atoms with van der Waals surface area (Å²) in [5.74, 6) is 2.31. The van der Waals surface area contributed by atoms with Gasteiger partial charge in [0.2, 0.25) is 0 Å². The minimum atomic E-state index is -0.634. The van der Waals surface area contributed by atoms with Crippen LogP contribution in [0.5, 0.6) is 0 Å². The van der Waals surface area contributed by atoms with E-state index in [0.29, 0.717) is 12.3 Å². The van der Waals surface area contributed by atoms with Crippen LogP contribution in [-0.2, 0) is 4.79 Å². The average molecular weight is 243 g/mol. The number of carboxylic acid groups (broad SMARTS) is 1. The van der Waals surface area contributed by atoms with Gasteiger partial charge in [0.1, 0.15) is 0 Å². The molecule has 2 aliphatic heterocycles. The summed E-state index contributed by atoms with van der Waals surface area (Å²) in [5.41, 5.74) is 0. The van der Waals surface area contributed by atoms with Crippen LogP contribution in [0.15, 0.2) is 0 Å². The fourth-order valence-corrected chi connectivity index (χ4v) is 4.04. The standard InChI is InChI=1S/C12H21NO2S/c14-12(15)7-10-3-1-5-13(8-10)11-4-2-6-16-9-11/h10-11H,1-9H2,(H,14,15). The van der Waals surface area contributed by atoms with Gasteiger partial charge in [0.25, 0.3) is 0 Å². The van der Waals surface area contributed by atoms with Gasteiger partial charge >= 0.3 is 5.97 Å². The van der Waals surface area contributed by atoms with Crippen LogP contribution in [0.25, 0.3) is 0 Å². The summed E-state index contributed by atoms with van der Waals surface area (Å²) >= 11 is 2.05. The second-order valence-corrected chi connectivity index (χ2v) is 6.12. The molecule has 0 spiro atoms. The van der Waals surface area contributed by atoms with E-state index in [1.54, 1.807) is 0 Å². The molecule has 0 aromatic carbocycles. The molecule has 4 heteroatoms. The average Bonchev–Trinajstić information content (AvgIpc) is 2.30. The maximum Gasteiger partial charge on any atom is 0.303 e. The molecule has 16 heavy (non-hydrogen) atoms. The Balaban J connectivity index is 1.83. The maximum atomic E-state index is 10.7. The van der Waals surface area contributed by atoms with Crippen molar-refractivity contribution >= 4 is 17.7 Å². The molecule has 1 N–H and O–H groups in total. The fourth-order valence-electron chi connectivity index (χ4n) is 2.85. The lowest BCUT2D eigenvalue weighted by molar-refractivity contribution is -0.138. The lowest BCUT2D eigenvalue weighted by atomic mass is 9.93. The van der Waals surface area contributed by atoms with Crippen molar-refractivity contribution in [2.24, 2.45) is 5.92 Å². The number of thioether (sulfide) groups is 1. The molecule has 92 valence electrons. The van der Waals surface area contributed by atoms with Crippen molar-refractivity contribution in [3.63, 3.8) is 0 Å². The van der Waals surface area contributed by atoms with Gasteiger partial charge in [-0.2, -0.15) is 11.8 Å². The highest BCUT2D eigenvalue weighted by atomic mass is 32.2. The molecule has 0 radical (unpaired) electrons. The Morgan fingerprint density at radius 3 is 2.94 bits per heavy atom. The topological polar surface area (TPSA) is 40.5 Å². The molecule has 0 aliphatic carbocycles. The van der Waals surface area contributed by atoms with Crippen molar-refractivity contribution in [1.82, 2.24) is 4.90 Å². The van der Waals surface area contributed by atoms with Crippen molar-refractivity contribution in [2.45, 2.75) is 38.1 Å². The third-order valence-corrected chi connectivity index (χ3v) is 4.86. The van der Waals surface area contributed by atoms with Gasteiger partial charge in [-0.15, -0.1) is 0 Å². The number of nitrogens with zero attached hydrogens (tertiary/aromatic N) is 1. The normalized spacial score (nSPS) is 32.5. The SMILES string of the molecule is O=C(O)CC1CCCN(C2CCCSC2)C1. The number of aliphatic carboxylic acids is 1. The maximum absolute atomic E-state index is 10.7. The first kappa shape index (κ1) is 12.2. The van der Waals surface area contributed by atoms with Crippen molar-refractivity contribution in [2.75, 3.05) is 24.6 Å². The Morgan fingerprint density at radius 2 is 2.25 bits per heavy atom. The molecule has 2 unspecified atom stereocenters. The highest BCUT2D eigenvalue weighted by Crippen LogP contribution is 2.27. The lowest BCUT2D eigenvalue weighted by Crippen LogP contribution is -2.45. The lowest BCUT2D eigenvalue weighted by Gasteiger charge is -2.39. The first-order valence-electron chi connectivity index (χ1n) is 6.29. The van der Waals surface area contributed by atoms with Crippen molar-refractivity contribution in [1.29, 1.82) is 0 Å². The number of likely N-dealkylation sites (tertiary alicyclic amines) is 1. The van der Waals surface area contributed by atoms with E-state index in [9.17, 15) is 4.79 Å². The van der Waals surface area contributed by atoms with Crippen molar-refractivity contribution in [3.8, 4) is 0 Å². The molecule has 3 nitrogen and oxygen atoms in total. The van der Waals surface area contributed by atoms with Crippen LogP contribution < -0.4 is 0 Å². The van der Waals surface area contributed by atoms with Crippen LogP contribution in [0.4, 0.5) is 0 Å². The zero-order valence-corrected chi connectivity index (χ0v) is 10.5. The van der Waals surface area contributed by atoms with Crippen LogP contribution in [0.3, 0.4) is 0 Å². The summed E-state index contributed by atoms with van der Waals surface area (Å²) in [7, 11) is 0. The molecular weight excluding hydrogens is 222 g/mol. The van der Waals surface area contributed by atoms with Gasteiger partial charge in [-0.3, -0.25) is 9.69 Å². The first-order chi connectivity index (χ1) is 7.75. The minimum Gasteiger partial charge on any atom is -0.481 e. The molecule has 2 rings (SSSR count). The molecule has 0 saturated carbocycles. The molecule has 0 aromatic heterocycles. The Morgan fingerprint density at radius 1 is 1.38 bits per heavy atom. The summed E-state index contributed by atoms with van der Waals surface area (Å²) in [6.45, 7) is 2.19. The predicted molar refractivity (Wildman–Crippen MR) is 66.9 cm³/mol. The Kier molecular flexibility index (Phi) is 4.53. The molecule has 2 aliphatic rings. The van der Waals surface area contributed by atoms with Gasteiger partial charge in [0, 0.05) is 24.8 Å². The van der Waals surface area contributed by atoms with E-state index in [0.717, 1.165) is 19.0 Å². The molecule has 2 atom stereocenters. The van der Waals surface area contributed by atoms with Crippen LogP contribution in [0.2, 0.25) is 0 Å². The second kappa shape index (κ2) is 5.92. The number of carboxylic acids is 1. The molecular formula is C12H21NO2S. The Bertz CT molecular complexity index is 241. The van der Waals surface area contributed by atoms with Gasteiger partial charge in [-0.05, 0) is 43.9 Å². The third-order valence-electron chi connectivity index (χ3n) is 3.67. The fraction of sp³-hybridized carbons (Fsp3) is 0.917. The number of piperidine rings is 1. The Hall–Kier alpha value is -0.220. The smallest absolute Gasteiger partial charge is 0.303 e. The number of rotatable bonds is 3. The van der Waals surface area contributed by atoms with Crippen LogP contribution >= 0.6 is 11.8 Å². The van der Waals surface area contributed by atoms with E-state index in [4.69, 9.17) is 5.11 Å². The minimum absolute atomic E-state index is 0.358. The first-order valence-corrected chi connectivity index (χ1v) is 7.45. The van der Waals surface area contributed by atoms with E-state index in [2.05, 4.69) is 16.7 Å². The summed E-state index contributed by atoms with van der Waals surface area (Å²) in [6, 6.07) is 0.718. The molecule has 2 fully saturated rings. The molecule has 0 amide bonds. The van der Waals surface area contributed by atoms with E-state index in [-0.39, 0.29) is 0 Å². The molecule has 0 aromatic rings. The Labute approximate surface area is 102 Å². The van der Waals surface area contributed by atoms with Crippen molar-refractivity contribution < 1.29 is 9.90 Å². The summed E-state index contributed by atoms with van der Waals surface area (Å²) in [5, 5.41) is 8.84. The van der Waals surface area contributed by atoms with E-state index >= 15 is 0 Å². The van der Waals surface area contributed by atoms with E-state index in [1.165, 1.54) is 37.3 Å². The molecule has 0 bridgehead atoms. The zero-order valence-electron chi connectivity index (χ0n) is 9.73. The van der Waals surface area contributed by atoms with Gasteiger partial charge in [0.05, 0.1) is 0 Å². The highest BCUT2D eigenvalue weighted by molar-refractivity contribution is 7.99. The van der Waals surface area contributed by atoms with E-state index in [1.807, 2.05) is 0 Å². The largest absolute Gasteiger partial charge is 0.481 e. The number of carbonyl (C=O) groups is 1. The van der Waals surface area contributed by atoms with Crippen LogP contribution in [0, 0.1) is 5.92 Å². The summed E-state index contributed by atoms with van der Waals surface area (Å²) in [4.78, 5) is 13.3. The molecule has 2 saturated heterocycles.